The SMILES string of the molecule is CO[C@H]1/C=C\C=C(\C)C(=O)NC2=CC(=O)C(=O)C(=C2O)C[C@@H](C)C[C@H](OC)[C@H](O)[C@@H](C)/C=C(/C)[C@@H]1OC(N)=O. The second kappa shape index (κ2) is 14.0. The van der Waals surface area contributed by atoms with Crippen LogP contribution in [0, 0.1) is 11.8 Å². The van der Waals surface area contributed by atoms with Crippen LogP contribution >= 0.6 is 0 Å². The summed E-state index contributed by atoms with van der Waals surface area (Å²) < 4.78 is 16.4. The van der Waals surface area contributed by atoms with Crippen LogP contribution in [-0.2, 0) is 28.6 Å². The van der Waals surface area contributed by atoms with E-state index >= 15 is 0 Å². The lowest BCUT2D eigenvalue weighted by atomic mass is 9.85. The number of allylic oxidation sites excluding steroid dienone is 4. The molecule has 1 aliphatic heterocycles. The second-order valence-electron chi connectivity index (χ2n) is 9.90. The summed E-state index contributed by atoms with van der Waals surface area (Å²) in [4.78, 5) is 49.4. The Bertz CT molecular complexity index is 1130. The third-order valence-electron chi connectivity index (χ3n) is 6.77. The Morgan fingerprint density at radius 1 is 1.13 bits per heavy atom. The number of aliphatic hydroxyl groups is 2. The minimum absolute atomic E-state index is 0.0149. The summed E-state index contributed by atoms with van der Waals surface area (Å²) in [6.45, 7) is 6.79. The van der Waals surface area contributed by atoms with Crippen LogP contribution in [0.25, 0.3) is 0 Å². The van der Waals surface area contributed by atoms with Gasteiger partial charge in [0, 0.05) is 37.4 Å². The smallest absolute Gasteiger partial charge is 0.405 e. The van der Waals surface area contributed by atoms with Crippen molar-refractivity contribution in [1.82, 2.24) is 5.32 Å². The minimum Gasteiger partial charge on any atom is -0.505 e. The van der Waals surface area contributed by atoms with Crippen molar-refractivity contribution in [2.24, 2.45) is 17.6 Å². The van der Waals surface area contributed by atoms with Crippen LogP contribution in [-0.4, -0.2) is 72.4 Å². The summed E-state index contributed by atoms with van der Waals surface area (Å²) in [7, 11) is 2.86. The molecule has 0 aromatic carbocycles. The van der Waals surface area contributed by atoms with E-state index in [0.717, 1.165) is 6.08 Å². The fraction of sp³-hybridized carbons (Fsp3) is 0.500. The largest absolute Gasteiger partial charge is 0.505 e. The highest BCUT2D eigenvalue weighted by molar-refractivity contribution is 6.48. The number of amides is 2. The van der Waals surface area contributed by atoms with Gasteiger partial charge in [0.05, 0.1) is 17.9 Å². The van der Waals surface area contributed by atoms with Crippen molar-refractivity contribution in [3.8, 4) is 0 Å². The molecule has 39 heavy (non-hydrogen) atoms. The number of Topliss-reactive ketones (excluding diaryl/α,β-unsaturated/α-hetero) is 1. The summed E-state index contributed by atoms with van der Waals surface area (Å²) in [5.41, 5.74) is 5.79. The normalized spacial score (nSPS) is 33.3. The number of carbonyl (C=O) groups excluding carboxylic acids is 4. The average molecular weight is 547 g/mol. The first kappa shape index (κ1) is 31.7. The third kappa shape index (κ3) is 8.22. The molecule has 0 saturated heterocycles. The summed E-state index contributed by atoms with van der Waals surface area (Å²) >= 11 is 0. The number of ketones is 2. The number of methoxy groups -OCH3 is 2. The molecule has 0 fully saturated rings. The molecule has 0 unspecified atom stereocenters. The molecule has 2 rings (SSSR count). The first-order chi connectivity index (χ1) is 18.3. The van der Waals surface area contributed by atoms with Crippen LogP contribution in [0.1, 0.15) is 40.5 Å². The molecule has 0 spiro atoms. The maximum absolute atomic E-state index is 12.8. The Morgan fingerprint density at radius 3 is 2.38 bits per heavy atom. The molecule has 5 N–H and O–H groups in total. The van der Waals surface area contributed by atoms with Gasteiger partial charge in [0.2, 0.25) is 11.6 Å². The molecule has 2 aliphatic rings. The van der Waals surface area contributed by atoms with Crippen LogP contribution in [0.3, 0.4) is 0 Å². The fourth-order valence-corrected chi connectivity index (χ4v) is 4.57. The predicted octanol–water partition coefficient (Wildman–Crippen LogP) is 2.32. The van der Waals surface area contributed by atoms with E-state index in [1.807, 2.05) is 0 Å². The van der Waals surface area contributed by atoms with Crippen molar-refractivity contribution >= 4 is 23.6 Å². The van der Waals surface area contributed by atoms with E-state index in [0.29, 0.717) is 5.57 Å². The quantitative estimate of drug-likeness (QED) is 0.235. The Morgan fingerprint density at radius 2 is 1.79 bits per heavy atom. The number of nitrogens with two attached hydrogens (primary N) is 1. The van der Waals surface area contributed by atoms with E-state index in [1.165, 1.54) is 33.3 Å². The summed E-state index contributed by atoms with van der Waals surface area (Å²) in [6.07, 6.45) is 3.07. The number of ether oxygens (including phenoxy) is 3. The van der Waals surface area contributed by atoms with Gasteiger partial charge in [-0.05, 0) is 38.2 Å². The number of nitrogens with one attached hydrogen (secondary N) is 1. The molecule has 214 valence electrons. The molecule has 6 atom stereocenters. The highest BCUT2D eigenvalue weighted by Crippen LogP contribution is 2.29. The van der Waals surface area contributed by atoms with E-state index < -0.39 is 59.7 Å². The van der Waals surface area contributed by atoms with Gasteiger partial charge < -0.3 is 35.5 Å². The molecule has 0 aromatic heterocycles. The van der Waals surface area contributed by atoms with Gasteiger partial charge in [-0.25, -0.2) is 4.79 Å². The molecule has 0 aromatic rings. The van der Waals surface area contributed by atoms with Gasteiger partial charge in [0.25, 0.3) is 5.91 Å². The lowest BCUT2D eigenvalue weighted by Gasteiger charge is -2.29. The molecule has 0 radical (unpaired) electrons. The van der Waals surface area contributed by atoms with Crippen molar-refractivity contribution in [2.45, 2.75) is 65.0 Å². The highest BCUT2D eigenvalue weighted by atomic mass is 16.6. The summed E-state index contributed by atoms with van der Waals surface area (Å²) in [5.74, 6) is -3.58. The maximum Gasteiger partial charge on any atom is 0.405 e. The standard InChI is InChI=1S/C28H38N2O9/c1-14-10-18-24(33)19(13-20(31)25(18)34)30-27(35)15(2)8-7-9-21(37-5)26(39-28(29)36)17(4)12-16(3)23(32)22(11-14)38-6/h7-9,12-14,16,21-23,26,32-33H,10-11H2,1-6H3,(H2,29,36)(H,30,35)/b9-7-,15-8-,17-12-/t14-,16+,21+,22+,23-,26+/m1/s1. The number of fused-ring (bicyclic) bond motifs is 1. The Kier molecular flexibility index (Phi) is 11.4. The second-order valence-corrected chi connectivity index (χ2v) is 9.90. The van der Waals surface area contributed by atoms with Crippen LogP contribution in [0.5, 0.6) is 0 Å². The zero-order valence-electron chi connectivity index (χ0n) is 23.1. The summed E-state index contributed by atoms with van der Waals surface area (Å²) in [6, 6.07) is 0. The minimum atomic E-state index is -1.01. The number of aliphatic hydroxyl groups excluding tert-OH is 2. The molecule has 2 bridgehead atoms. The van der Waals surface area contributed by atoms with E-state index in [-0.39, 0.29) is 35.6 Å². The zero-order valence-corrected chi connectivity index (χ0v) is 23.1. The van der Waals surface area contributed by atoms with E-state index in [1.54, 1.807) is 32.9 Å². The van der Waals surface area contributed by atoms with Crippen LogP contribution in [0.15, 0.2) is 58.6 Å². The van der Waals surface area contributed by atoms with Crippen LogP contribution in [0.2, 0.25) is 0 Å². The number of rotatable bonds is 3. The third-order valence-corrected chi connectivity index (χ3v) is 6.77. The van der Waals surface area contributed by atoms with Gasteiger partial charge in [-0.1, -0.05) is 38.2 Å². The highest BCUT2D eigenvalue weighted by Gasteiger charge is 2.33. The molecule has 0 saturated carbocycles. The average Bonchev–Trinajstić information content (AvgIpc) is 2.88. The molecular formula is C28H38N2O9. The number of primary amides is 1. The fourth-order valence-electron chi connectivity index (χ4n) is 4.57. The molecule has 11 nitrogen and oxygen atoms in total. The number of hydrogen-bond donors (Lipinski definition) is 4. The van der Waals surface area contributed by atoms with Crippen LogP contribution in [0.4, 0.5) is 4.79 Å². The monoisotopic (exact) mass is 546 g/mol. The van der Waals surface area contributed by atoms with Crippen molar-refractivity contribution < 1.29 is 43.6 Å². The van der Waals surface area contributed by atoms with Gasteiger partial charge in [0.15, 0.2) is 6.10 Å². The Labute approximate surface area is 228 Å². The first-order valence-corrected chi connectivity index (χ1v) is 12.6. The van der Waals surface area contributed by atoms with Gasteiger partial charge in [0.1, 0.15) is 11.9 Å². The molecular weight excluding hydrogens is 508 g/mol. The molecule has 11 heteroatoms. The van der Waals surface area contributed by atoms with Gasteiger partial charge >= 0.3 is 6.09 Å². The zero-order chi connectivity index (χ0) is 29.4. The summed E-state index contributed by atoms with van der Waals surface area (Å²) in [5, 5.41) is 24.3. The molecule has 2 amide bonds. The van der Waals surface area contributed by atoms with E-state index in [9.17, 15) is 29.4 Å². The van der Waals surface area contributed by atoms with Gasteiger partial charge in [-0.3, -0.25) is 14.4 Å². The Balaban J connectivity index is 2.59. The maximum atomic E-state index is 12.8. The molecule has 1 heterocycles. The van der Waals surface area contributed by atoms with Crippen molar-refractivity contribution in [1.29, 1.82) is 0 Å². The number of carbonyl (C=O) groups is 4. The van der Waals surface area contributed by atoms with Crippen molar-refractivity contribution in [2.75, 3.05) is 14.2 Å². The van der Waals surface area contributed by atoms with Gasteiger partial charge in [-0.2, -0.15) is 0 Å². The number of hydrogen-bond acceptors (Lipinski definition) is 9. The molecule has 1 aliphatic carbocycles. The van der Waals surface area contributed by atoms with Crippen LogP contribution < -0.4 is 11.1 Å². The Hall–Kier alpha value is -3.54. The van der Waals surface area contributed by atoms with E-state index in [2.05, 4.69) is 5.32 Å². The van der Waals surface area contributed by atoms with Crippen molar-refractivity contribution in [3.63, 3.8) is 0 Å². The van der Waals surface area contributed by atoms with Gasteiger partial charge in [-0.15, -0.1) is 0 Å². The van der Waals surface area contributed by atoms with E-state index in [4.69, 9.17) is 19.9 Å². The lowest BCUT2D eigenvalue weighted by Crippen LogP contribution is -2.37. The van der Waals surface area contributed by atoms with Crippen molar-refractivity contribution in [3.05, 3.63) is 58.6 Å². The predicted molar refractivity (Wildman–Crippen MR) is 142 cm³/mol. The topological polar surface area (TPSA) is 174 Å². The first-order valence-electron chi connectivity index (χ1n) is 12.6. The lowest BCUT2D eigenvalue weighted by molar-refractivity contribution is -0.132.